The SMILES string of the molecule is O=C(CSc1nc2sc3c(c2c(=O)n1-c1ccccc1)CCCC3)N/N=C/c1cccc(Cl)c1. The van der Waals surface area contributed by atoms with Gasteiger partial charge in [-0.2, -0.15) is 5.10 Å². The van der Waals surface area contributed by atoms with Crippen LogP contribution >= 0.6 is 34.7 Å². The quantitative estimate of drug-likeness (QED) is 0.168. The number of thiophene rings is 1. The minimum Gasteiger partial charge on any atom is -0.272 e. The molecule has 0 aliphatic heterocycles. The normalized spacial score (nSPS) is 13.3. The predicted molar refractivity (Wildman–Crippen MR) is 140 cm³/mol. The average molecular weight is 509 g/mol. The molecular formula is C25H21ClN4O2S2. The molecule has 172 valence electrons. The molecule has 2 heterocycles. The predicted octanol–water partition coefficient (Wildman–Crippen LogP) is 5.22. The van der Waals surface area contributed by atoms with E-state index in [1.165, 1.54) is 22.9 Å². The Morgan fingerprint density at radius 2 is 2.00 bits per heavy atom. The van der Waals surface area contributed by atoms with E-state index in [1.54, 1.807) is 28.0 Å². The maximum atomic E-state index is 13.7. The van der Waals surface area contributed by atoms with Gasteiger partial charge in [0, 0.05) is 9.90 Å². The summed E-state index contributed by atoms with van der Waals surface area (Å²) in [7, 11) is 0. The summed E-state index contributed by atoms with van der Waals surface area (Å²) in [5.41, 5.74) is 5.12. The van der Waals surface area contributed by atoms with Gasteiger partial charge in [-0.05, 0) is 61.1 Å². The number of halogens is 1. The number of aromatic nitrogens is 2. The molecule has 0 saturated heterocycles. The van der Waals surface area contributed by atoms with E-state index in [2.05, 4.69) is 10.5 Å². The molecule has 1 aliphatic carbocycles. The molecule has 34 heavy (non-hydrogen) atoms. The number of nitrogens with one attached hydrogen (secondary N) is 1. The van der Waals surface area contributed by atoms with Gasteiger partial charge in [0.1, 0.15) is 4.83 Å². The number of carbonyl (C=O) groups is 1. The van der Waals surface area contributed by atoms with E-state index in [9.17, 15) is 9.59 Å². The summed E-state index contributed by atoms with van der Waals surface area (Å²) < 4.78 is 1.62. The van der Waals surface area contributed by atoms with Crippen LogP contribution in [0.1, 0.15) is 28.8 Å². The molecule has 1 amide bonds. The summed E-state index contributed by atoms with van der Waals surface area (Å²) in [6, 6.07) is 16.6. The van der Waals surface area contributed by atoms with Crippen LogP contribution in [0.4, 0.5) is 0 Å². The number of carbonyl (C=O) groups excluding carboxylic acids is 1. The van der Waals surface area contributed by atoms with Crippen LogP contribution in [0, 0.1) is 0 Å². The van der Waals surface area contributed by atoms with Crippen LogP contribution in [0.5, 0.6) is 0 Å². The van der Waals surface area contributed by atoms with Crippen LogP contribution in [-0.2, 0) is 17.6 Å². The number of amides is 1. The Hall–Kier alpha value is -2.94. The largest absolute Gasteiger partial charge is 0.272 e. The summed E-state index contributed by atoms with van der Waals surface area (Å²) in [5, 5.41) is 5.82. The second-order valence-corrected chi connectivity index (χ2v) is 10.4. The van der Waals surface area contributed by atoms with E-state index in [1.807, 2.05) is 42.5 Å². The fourth-order valence-corrected chi connectivity index (χ4v) is 6.32. The van der Waals surface area contributed by atoms with Crippen molar-refractivity contribution in [2.75, 3.05) is 5.75 Å². The summed E-state index contributed by atoms with van der Waals surface area (Å²) in [6.07, 6.45) is 5.69. The lowest BCUT2D eigenvalue weighted by Gasteiger charge is -2.13. The van der Waals surface area contributed by atoms with Crippen LogP contribution in [0.15, 0.2) is 69.6 Å². The van der Waals surface area contributed by atoms with Crippen LogP contribution in [0.2, 0.25) is 5.02 Å². The van der Waals surface area contributed by atoms with Crippen LogP contribution in [-0.4, -0.2) is 27.4 Å². The Labute approximate surface area is 209 Å². The van der Waals surface area contributed by atoms with Crippen molar-refractivity contribution < 1.29 is 4.79 Å². The number of para-hydroxylation sites is 1. The fourth-order valence-electron chi connectivity index (χ4n) is 4.02. The highest BCUT2D eigenvalue weighted by Crippen LogP contribution is 2.35. The molecule has 6 nitrogen and oxygen atoms in total. The first-order chi connectivity index (χ1) is 16.6. The topological polar surface area (TPSA) is 76.3 Å². The third-order valence-electron chi connectivity index (χ3n) is 5.56. The molecule has 0 saturated carbocycles. The Kier molecular flexibility index (Phi) is 6.80. The molecule has 0 spiro atoms. The molecule has 1 N–H and O–H groups in total. The minimum absolute atomic E-state index is 0.0718. The maximum absolute atomic E-state index is 13.7. The van der Waals surface area contributed by atoms with Gasteiger partial charge in [0.25, 0.3) is 11.5 Å². The van der Waals surface area contributed by atoms with Crippen molar-refractivity contribution in [2.45, 2.75) is 30.8 Å². The highest BCUT2D eigenvalue weighted by molar-refractivity contribution is 7.99. The van der Waals surface area contributed by atoms with E-state index in [0.29, 0.717) is 10.2 Å². The number of aryl methyl sites for hydroxylation is 2. The first kappa shape index (κ1) is 22.8. The Bertz CT molecular complexity index is 1450. The average Bonchev–Trinajstić information content (AvgIpc) is 3.22. The summed E-state index contributed by atoms with van der Waals surface area (Å²) in [6.45, 7) is 0. The van der Waals surface area contributed by atoms with Crippen LogP contribution < -0.4 is 11.0 Å². The van der Waals surface area contributed by atoms with Gasteiger partial charge in [-0.3, -0.25) is 14.2 Å². The molecule has 0 radical (unpaired) electrons. The monoisotopic (exact) mass is 508 g/mol. The van der Waals surface area contributed by atoms with Crippen molar-refractivity contribution in [1.29, 1.82) is 0 Å². The van der Waals surface area contributed by atoms with E-state index in [0.717, 1.165) is 52.7 Å². The molecule has 2 aromatic carbocycles. The molecule has 0 unspecified atom stereocenters. The smallest absolute Gasteiger partial charge is 0.267 e. The first-order valence-corrected chi connectivity index (χ1v) is 13.1. The second kappa shape index (κ2) is 10.1. The molecule has 0 bridgehead atoms. The van der Waals surface area contributed by atoms with Crippen LogP contribution in [0.3, 0.4) is 0 Å². The van der Waals surface area contributed by atoms with E-state index in [-0.39, 0.29) is 17.2 Å². The van der Waals surface area contributed by atoms with Crippen molar-refractivity contribution >= 4 is 57.0 Å². The van der Waals surface area contributed by atoms with Gasteiger partial charge in [0.15, 0.2) is 5.16 Å². The lowest BCUT2D eigenvalue weighted by Crippen LogP contribution is -2.24. The number of fused-ring (bicyclic) bond motifs is 3. The third kappa shape index (κ3) is 4.80. The molecule has 2 aromatic heterocycles. The zero-order valence-electron chi connectivity index (χ0n) is 18.2. The standard InChI is InChI=1S/C25H21ClN4O2S2/c26-17-8-6-7-16(13-17)14-27-29-21(31)15-33-25-28-23-22(19-11-4-5-12-20(19)34-23)24(32)30(25)18-9-2-1-3-10-18/h1-3,6-10,13-14H,4-5,11-12,15H2,(H,29,31)/b27-14+. The number of hydrazone groups is 1. The molecule has 5 rings (SSSR count). The number of hydrogen-bond donors (Lipinski definition) is 1. The molecular weight excluding hydrogens is 488 g/mol. The molecule has 0 fully saturated rings. The van der Waals surface area contributed by atoms with Gasteiger partial charge < -0.3 is 0 Å². The summed E-state index contributed by atoms with van der Waals surface area (Å²) in [4.78, 5) is 33.0. The van der Waals surface area contributed by atoms with E-state index < -0.39 is 0 Å². The first-order valence-electron chi connectivity index (χ1n) is 10.9. The Morgan fingerprint density at radius 1 is 1.18 bits per heavy atom. The van der Waals surface area contributed by atoms with E-state index >= 15 is 0 Å². The van der Waals surface area contributed by atoms with Gasteiger partial charge in [0.2, 0.25) is 0 Å². The molecule has 4 aromatic rings. The van der Waals surface area contributed by atoms with Crippen LogP contribution in [0.25, 0.3) is 15.9 Å². The summed E-state index contributed by atoms with van der Waals surface area (Å²) in [5.74, 6) is -0.217. The van der Waals surface area contributed by atoms with E-state index in [4.69, 9.17) is 16.6 Å². The zero-order valence-corrected chi connectivity index (χ0v) is 20.6. The van der Waals surface area contributed by atoms with Gasteiger partial charge in [0.05, 0.1) is 23.0 Å². The molecule has 0 atom stereocenters. The van der Waals surface area contributed by atoms with Gasteiger partial charge in [-0.15, -0.1) is 11.3 Å². The minimum atomic E-state index is -0.289. The second-order valence-electron chi connectivity index (χ2n) is 7.90. The molecule has 1 aliphatic rings. The fraction of sp³-hybridized carbons (Fsp3) is 0.200. The number of thioether (sulfide) groups is 1. The number of nitrogens with zero attached hydrogens (tertiary/aromatic N) is 3. The van der Waals surface area contributed by atoms with Crippen molar-refractivity contribution in [3.05, 3.63) is 86.0 Å². The van der Waals surface area contributed by atoms with Gasteiger partial charge in [-0.1, -0.05) is 53.7 Å². The number of benzene rings is 2. The maximum Gasteiger partial charge on any atom is 0.267 e. The highest BCUT2D eigenvalue weighted by atomic mass is 35.5. The highest BCUT2D eigenvalue weighted by Gasteiger charge is 2.23. The number of hydrogen-bond acceptors (Lipinski definition) is 6. The Morgan fingerprint density at radius 3 is 2.82 bits per heavy atom. The molecule has 9 heteroatoms. The van der Waals surface area contributed by atoms with Crippen molar-refractivity contribution in [3.8, 4) is 5.69 Å². The van der Waals surface area contributed by atoms with Gasteiger partial charge >= 0.3 is 0 Å². The van der Waals surface area contributed by atoms with Gasteiger partial charge in [-0.25, -0.2) is 10.4 Å². The third-order valence-corrected chi connectivity index (χ3v) is 7.92. The number of rotatable bonds is 6. The van der Waals surface area contributed by atoms with Crippen molar-refractivity contribution in [3.63, 3.8) is 0 Å². The Balaban J connectivity index is 1.42. The zero-order chi connectivity index (χ0) is 23.5. The lowest BCUT2D eigenvalue weighted by molar-refractivity contribution is -0.118. The lowest BCUT2D eigenvalue weighted by atomic mass is 9.97. The summed E-state index contributed by atoms with van der Waals surface area (Å²) >= 11 is 8.80. The van der Waals surface area contributed by atoms with Crippen molar-refractivity contribution in [2.24, 2.45) is 5.10 Å². The van der Waals surface area contributed by atoms with Crippen molar-refractivity contribution in [1.82, 2.24) is 15.0 Å².